The van der Waals surface area contributed by atoms with Crippen molar-refractivity contribution in [2.45, 2.75) is 261 Å². The smallest absolute Gasteiger partial charge is 0.410 e. The van der Waals surface area contributed by atoms with Gasteiger partial charge < -0.3 is 24.3 Å². The van der Waals surface area contributed by atoms with Gasteiger partial charge in [-0.15, -0.1) is 0 Å². The summed E-state index contributed by atoms with van der Waals surface area (Å²) in [6.07, 6.45) is 3.28. The number of rotatable bonds is 0. The van der Waals surface area contributed by atoms with Crippen LogP contribution < -0.4 is 5.56 Å². The van der Waals surface area contributed by atoms with Gasteiger partial charge in [-0.05, 0) is 114 Å². The van der Waals surface area contributed by atoms with Gasteiger partial charge in [-0.25, -0.2) is 14.6 Å². The molecule has 16 heteroatoms. The van der Waals surface area contributed by atoms with E-state index in [0.29, 0.717) is 24.8 Å². The first kappa shape index (κ1) is 84.2. The summed E-state index contributed by atoms with van der Waals surface area (Å²) in [5.74, 6) is 1.11. The summed E-state index contributed by atoms with van der Waals surface area (Å²) < 4.78 is 8.32. The number of cyclic esters (lactones) is 1. The number of carbonyl (C=O) groups is 5. The molecule has 5 aliphatic rings. The van der Waals surface area contributed by atoms with E-state index in [0.717, 1.165) is 69.8 Å². The van der Waals surface area contributed by atoms with Crippen molar-refractivity contribution >= 4 is 29.8 Å². The molecule has 1 aromatic heterocycles. The molecule has 1 aromatic rings. The van der Waals surface area contributed by atoms with Crippen molar-refractivity contribution in [3.05, 3.63) is 21.6 Å². The molecule has 1 atom stereocenters. The van der Waals surface area contributed by atoms with Crippen LogP contribution in [0.15, 0.2) is 4.79 Å². The minimum Gasteiger partial charge on any atom is -0.448 e. The highest BCUT2D eigenvalue weighted by atomic mass is 16.6. The van der Waals surface area contributed by atoms with E-state index < -0.39 is 0 Å². The molecule has 6 amide bonds. The second-order valence-electron chi connectivity index (χ2n) is 24.3. The average molecular weight is 1100 g/mol. The van der Waals surface area contributed by atoms with E-state index in [2.05, 4.69) is 83.1 Å². The van der Waals surface area contributed by atoms with Crippen molar-refractivity contribution in [1.82, 2.24) is 43.9 Å². The Balaban J connectivity index is -0.000000190. The van der Waals surface area contributed by atoms with Crippen LogP contribution in [-0.2, 0) is 38.6 Å². The summed E-state index contributed by atoms with van der Waals surface area (Å²) >= 11 is 0. The molecule has 77 heavy (non-hydrogen) atoms. The SMILES string of the molecule is C.CC.CC.CC.CC.CC.CC(C)(C)N1CCCC1=O.CC(C)(C)N1CCOC1=O.CN1CCC(=O)N1C(C)(C)C.CN1CCC(C(C)(C)C)C1=O.CN1CCN(C(C)(C)C)C1=O.Cc1c(C(C)(C)C)c(=O)n(C)n1C. The number of ether oxygens (including phenoxy) is 1. The Morgan fingerprint density at radius 1 is 0.468 bits per heavy atom. The molecule has 16 nitrogen and oxygen atoms in total. The van der Waals surface area contributed by atoms with Gasteiger partial charge in [0.2, 0.25) is 17.7 Å². The fraction of sp³-hybridized carbons (Fsp3) is 0.869. The van der Waals surface area contributed by atoms with Gasteiger partial charge in [0.1, 0.15) is 6.61 Å². The van der Waals surface area contributed by atoms with Crippen LogP contribution in [0.4, 0.5) is 9.59 Å². The summed E-state index contributed by atoms with van der Waals surface area (Å²) in [4.78, 5) is 77.2. The molecule has 0 aliphatic carbocycles. The molecule has 5 saturated heterocycles. The minimum absolute atomic E-state index is 0. The number of hydrogen-bond acceptors (Lipinski definition) is 8. The van der Waals surface area contributed by atoms with Crippen LogP contribution in [0, 0.1) is 18.3 Å². The lowest BCUT2D eigenvalue weighted by atomic mass is 9.80. The zero-order chi connectivity index (χ0) is 61.9. The van der Waals surface area contributed by atoms with Crippen LogP contribution in [0.1, 0.15) is 238 Å². The second kappa shape index (κ2) is 37.7. The Labute approximate surface area is 476 Å². The lowest BCUT2D eigenvalue weighted by Crippen LogP contribution is -2.49. The summed E-state index contributed by atoms with van der Waals surface area (Å²) in [7, 11) is 9.38. The van der Waals surface area contributed by atoms with E-state index in [1.54, 1.807) is 21.5 Å². The Morgan fingerprint density at radius 3 is 1.06 bits per heavy atom. The number of nitrogens with zero attached hydrogens (tertiary/aromatic N) is 9. The number of aromatic nitrogens is 2. The Hall–Kier alpha value is -4.08. The predicted molar refractivity (Wildman–Crippen MR) is 330 cm³/mol. The summed E-state index contributed by atoms with van der Waals surface area (Å²) in [6.45, 7) is 64.9. The maximum atomic E-state index is 11.8. The molecule has 1 unspecified atom stereocenters. The van der Waals surface area contributed by atoms with E-state index in [9.17, 15) is 28.8 Å². The lowest BCUT2D eigenvalue weighted by molar-refractivity contribution is -0.145. The second-order valence-corrected chi connectivity index (χ2v) is 24.3. The van der Waals surface area contributed by atoms with Crippen molar-refractivity contribution in [2.24, 2.45) is 25.4 Å². The average Bonchev–Trinajstić information content (AvgIpc) is 4.19. The summed E-state index contributed by atoms with van der Waals surface area (Å²) in [6, 6.07) is 0.150. The van der Waals surface area contributed by atoms with Crippen molar-refractivity contribution < 1.29 is 28.7 Å². The van der Waals surface area contributed by atoms with Crippen molar-refractivity contribution in [3.8, 4) is 0 Å². The van der Waals surface area contributed by atoms with Crippen LogP contribution in [-0.4, -0.2) is 163 Å². The zero-order valence-corrected chi connectivity index (χ0v) is 56.2. The molecule has 0 spiro atoms. The number of hydrogen-bond donors (Lipinski definition) is 0. The monoisotopic (exact) mass is 1100 g/mol. The quantitative estimate of drug-likeness (QED) is 0.250. The van der Waals surface area contributed by atoms with Crippen molar-refractivity contribution in [2.75, 3.05) is 67.0 Å². The molecular weight excluding hydrogens is 971 g/mol. The molecular formula is C61H129N9O7. The first-order chi connectivity index (χ1) is 34.6. The fourth-order valence-electron chi connectivity index (χ4n) is 8.50. The van der Waals surface area contributed by atoms with Gasteiger partial charge in [-0.1, -0.05) is 118 Å². The maximum Gasteiger partial charge on any atom is 0.410 e. The molecule has 460 valence electrons. The number of amides is 6. The summed E-state index contributed by atoms with van der Waals surface area (Å²) in [5, 5.41) is 3.81. The Morgan fingerprint density at radius 2 is 0.909 bits per heavy atom. The van der Waals surface area contributed by atoms with Crippen LogP contribution >= 0.6 is 0 Å². The van der Waals surface area contributed by atoms with Crippen molar-refractivity contribution in [1.29, 1.82) is 0 Å². The molecule has 5 aliphatic heterocycles. The molecule has 0 N–H and O–H groups in total. The van der Waals surface area contributed by atoms with E-state index in [4.69, 9.17) is 4.74 Å². The Kier molecular flexibility index (Phi) is 41.3. The highest BCUT2D eigenvalue weighted by Gasteiger charge is 2.38. The number of carbonyl (C=O) groups excluding carboxylic acids is 5. The number of hydrazine groups is 1. The van der Waals surface area contributed by atoms with Crippen LogP contribution in [0.25, 0.3) is 0 Å². The molecule has 0 aromatic carbocycles. The fourth-order valence-corrected chi connectivity index (χ4v) is 8.50. The summed E-state index contributed by atoms with van der Waals surface area (Å²) in [5.41, 5.74) is 2.01. The zero-order valence-electron chi connectivity index (χ0n) is 56.2. The van der Waals surface area contributed by atoms with E-state index >= 15 is 0 Å². The third kappa shape index (κ3) is 28.6. The third-order valence-corrected chi connectivity index (χ3v) is 12.4. The molecule has 0 radical (unpaired) electrons. The van der Waals surface area contributed by atoms with Crippen LogP contribution in [0.5, 0.6) is 0 Å². The van der Waals surface area contributed by atoms with Gasteiger partial charge in [0.15, 0.2) is 0 Å². The van der Waals surface area contributed by atoms with Gasteiger partial charge in [0.05, 0.1) is 12.1 Å². The number of urea groups is 1. The van der Waals surface area contributed by atoms with Gasteiger partial charge >= 0.3 is 12.1 Å². The predicted octanol–water partition coefficient (Wildman–Crippen LogP) is 13.3. The molecule has 6 rings (SSSR count). The van der Waals surface area contributed by atoms with Gasteiger partial charge in [0.25, 0.3) is 5.56 Å². The topological polar surface area (TPSA) is 144 Å². The normalized spacial score (nSPS) is 17.3. The van der Waals surface area contributed by atoms with E-state index in [1.807, 2.05) is 175 Å². The first-order valence-corrected chi connectivity index (χ1v) is 28.9. The van der Waals surface area contributed by atoms with Crippen LogP contribution in [0.3, 0.4) is 0 Å². The van der Waals surface area contributed by atoms with Crippen molar-refractivity contribution in [3.63, 3.8) is 0 Å². The third-order valence-electron chi connectivity index (χ3n) is 12.4. The number of likely N-dealkylation sites (N-methyl/N-ethyl adjacent to an activating group) is 1. The minimum atomic E-state index is -0.187. The first-order valence-electron chi connectivity index (χ1n) is 28.9. The number of likely N-dealkylation sites (tertiary alicyclic amines) is 2. The van der Waals surface area contributed by atoms with Gasteiger partial charge in [0, 0.05) is 115 Å². The largest absolute Gasteiger partial charge is 0.448 e. The molecule has 0 saturated carbocycles. The van der Waals surface area contributed by atoms with Gasteiger partial charge in [-0.2, -0.15) is 0 Å². The highest BCUT2D eigenvalue weighted by molar-refractivity contribution is 5.81. The maximum absolute atomic E-state index is 11.8. The van der Waals surface area contributed by atoms with Gasteiger partial charge in [-0.3, -0.25) is 38.5 Å². The van der Waals surface area contributed by atoms with Crippen LogP contribution in [0.2, 0.25) is 0 Å². The lowest BCUT2D eigenvalue weighted by Gasteiger charge is -2.36. The Bertz CT molecular complexity index is 1790. The standard InChI is InChI=1S/C10H18N2O.C9H17NO.2C8H16N2O.C8H15NO.C7H13NO2.5C2H6.CH4/c1-7-8(10(2,3)4)9(13)12(6)11(7)5;1-9(2,3)7-5-6-10(4)8(7)11;1-8(2,3)10-6-5-9(4)7(10)11;1-8(2,3)10-7(11)5-6-9(10)4;1-8(2,3)9-6-4-5-7(9)10;1-7(2,3)8-4-5-10-6(8)9;5*1-2;/h1-6H3;7H,5-6H2,1-4H3;2*5-6H2,1-4H3;4-6H2,1-3H3;4-5H2,1-3H3;5*1-2H3;1H4. The van der Waals surface area contributed by atoms with E-state index in [-0.39, 0.29) is 69.9 Å². The molecule has 0 bridgehead atoms. The highest BCUT2D eigenvalue weighted by Crippen LogP contribution is 2.34. The van der Waals surface area contributed by atoms with E-state index in [1.165, 1.54) is 0 Å². The molecule has 6 heterocycles. The molecule has 5 fully saturated rings.